The molecule has 0 amide bonds. The Morgan fingerprint density at radius 2 is 1.76 bits per heavy atom. The van der Waals surface area contributed by atoms with Crippen LogP contribution in [0.4, 0.5) is 0 Å². The number of ether oxygens (including phenoxy) is 2. The van der Waals surface area contributed by atoms with E-state index >= 15 is 0 Å². The molecule has 200 valence electrons. The van der Waals surface area contributed by atoms with Crippen LogP contribution in [0.3, 0.4) is 0 Å². The van der Waals surface area contributed by atoms with Crippen molar-refractivity contribution in [1.82, 2.24) is 0 Å². The molecule has 5 atom stereocenters. The molecule has 12 nitrogen and oxygen atoms in total. The molecule has 1 aliphatic rings. The number of hydrogen-bond donors (Lipinski definition) is 6. The van der Waals surface area contributed by atoms with E-state index in [2.05, 4.69) is 0 Å². The molecule has 2 heterocycles. The van der Waals surface area contributed by atoms with E-state index in [0.29, 0.717) is 5.56 Å². The van der Waals surface area contributed by atoms with Crippen molar-refractivity contribution in [1.29, 1.82) is 0 Å². The summed E-state index contributed by atoms with van der Waals surface area (Å²) < 4.78 is 16.5. The molecule has 6 N–H and O–H groups in total. The van der Waals surface area contributed by atoms with Crippen LogP contribution in [-0.4, -0.2) is 73.6 Å². The van der Waals surface area contributed by atoms with E-state index in [-0.39, 0.29) is 22.3 Å². The molecule has 0 bridgehead atoms. The van der Waals surface area contributed by atoms with Crippen LogP contribution in [0, 0.1) is 6.92 Å². The molecule has 38 heavy (non-hydrogen) atoms. The maximum absolute atomic E-state index is 12.7. The highest BCUT2D eigenvalue weighted by atomic mass is 16.6. The summed E-state index contributed by atoms with van der Waals surface area (Å²) in [6.07, 6.45) is -5.87. The van der Waals surface area contributed by atoms with E-state index in [4.69, 9.17) is 13.9 Å². The Hall–Kier alpha value is -4.23. The largest absolute Gasteiger partial charge is 0.508 e. The number of phenols is 2. The van der Waals surface area contributed by atoms with Gasteiger partial charge in [0, 0.05) is 12.1 Å². The minimum atomic E-state index is -1.83. The highest BCUT2D eigenvalue weighted by Crippen LogP contribution is 2.42. The minimum Gasteiger partial charge on any atom is -0.508 e. The smallest absolute Gasteiger partial charge is 0.371 e. The molecule has 0 aliphatic carbocycles. The molecule has 0 spiro atoms. The summed E-state index contributed by atoms with van der Waals surface area (Å²) >= 11 is 0. The number of carboxylic acids is 1. The van der Waals surface area contributed by atoms with E-state index in [1.54, 1.807) is 0 Å². The SMILES string of the molecule is Cc1cc(O)c([C@@H]2O[C@H](CO)[C@@H](O)[C@H](O)[C@H]2OC(=O)/C=C/c2ccc(O)cc2)c2oc(C(=O)O)cc(=O)c12. The molecule has 0 radical (unpaired) electrons. The van der Waals surface area contributed by atoms with Crippen LogP contribution in [0.1, 0.15) is 33.3 Å². The lowest BCUT2D eigenvalue weighted by atomic mass is 9.89. The van der Waals surface area contributed by atoms with Gasteiger partial charge >= 0.3 is 11.9 Å². The number of carbonyl (C=O) groups is 2. The Morgan fingerprint density at radius 1 is 1.08 bits per heavy atom. The van der Waals surface area contributed by atoms with Crippen LogP contribution in [-0.2, 0) is 14.3 Å². The molecular weight excluding hydrogens is 504 g/mol. The highest BCUT2D eigenvalue weighted by Gasteiger charge is 2.48. The van der Waals surface area contributed by atoms with Gasteiger partial charge in [0.15, 0.2) is 11.5 Å². The van der Waals surface area contributed by atoms with Gasteiger partial charge in [-0.15, -0.1) is 0 Å². The number of hydrogen-bond acceptors (Lipinski definition) is 11. The topological polar surface area (TPSA) is 204 Å². The van der Waals surface area contributed by atoms with Gasteiger partial charge in [-0.25, -0.2) is 9.59 Å². The molecular formula is C26H24O12. The highest BCUT2D eigenvalue weighted by molar-refractivity contribution is 5.91. The zero-order chi connectivity index (χ0) is 27.7. The van der Waals surface area contributed by atoms with Crippen molar-refractivity contribution in [3.63, 3.8) is 0 Å². The maximum atomic E-state index is 12.7. The van der Waals surface area contributed by atoms with Crippen molar-refractivity contribution in [3.05, 3.63) is 75.1 Å². The van der Waals surface area contributed by atoms with Crippen molar-refractivity contribution in [3.8, 4) is 11.5 Å². The summed E-state index contributed by atoms with van der Waals surface area (Å²) in [4.78, 5) is 36.9. The lowest BCUT2D eigenvalue weighted by Gasteiger charge is -2.42. The molecule has 4 rings (SSSR count). The molecule has 0 unspecified atom stereocenters. The lowest BCUT2D eigenvalue weighted by molar-refractivity contribution is -0.239. The van der Waals surface area contributed by atoms with Gasteiger partial charge in [-0.05, 0) is 42.3 Å². The van der Waals surface area contributed by atoms with Gasteiger partial charge < -0.3 is 44.5 Å². The second-order valence-corrected chi connectivity index (χ2v) is 8.70. The monoisotopic (exact) mass is 528 g/mol. The Kier molecular flexibility index (Phi) is 7.51. The van der Waals surface area contributed by atoms with Crippen LogP contribution in [0.2, 0.25) is 0 Å². The number of esters is 1. The predicted octanol–water partition coefficient (Wildman–Crippen LogP) is 0.990. The van der Waals surface area contributed by atoms with Crippen molar-refractivity contribution in [2.75, 3.05) is 6.61 Å². The van der Waals surface area contributed by atoms with Crippen LogP contribution in [0.25, 0.3) is 17.0 Å². The Bertz CT molecular complexity index is 1460. The van der Waals surface area contributed by atoms with E-state index < -0.39 is 71.6 Å². The van der Waals surface area contributed by atoms with Crippen LogP contribution >= 0.6 is 0 Å². The molecule has 1 aromatic heterocycles. The lowest BCUT2D eigenvalue weighted by Crippen LogP contribution is -2.56. The number of aromatic carboxylic acids is 1. The van der Waals surface area contributed by atoms with Gasteiger partial charge in [-0.1, -0.05) is 12.1 Å². The number of fused-ring (bicyclic) bond motifs is 1. The quantitative estimate of drug-likeness (QED) is 0.196. The number of benzene rings is 2. The first-order chi connectivity index (χ1) is 18.0. The van der Waals surface area contributed by atoms with Gasteiger partial charge in [0.1, 0.15) is 41.5 Å². The Labute approximate surface area is 214 Å². The first kappa shape index (κ1) is 26.8. The molecule has 0 saturated carbocycles. The normalized spacial score (nSPS) is 23.5. The third-order valence-electron chi connectivity index (χ3n) is 6.14. The second-order valence-electron chi connectivity index (χ2n) is 8.70. The van der Waals surface area contributed by atoms with E-state index in [1.165, 1.54) is 43.3 Å². The summed E-state index contributed by atoms with van der Waals surface area (Å²) in [6, 6.07) is 7.79. The zero-order valence-electron chi connectivity index (χ0n) is 19.8. The Balaban J connectivity index is 1.81. The standard InChI is InChI=1S/C26H24O12/c1-11-8-14(29)20(23-19(11)15(30)9-16(36-23)26(34)35)24-25(22(33)21(32)17(10-27)37-24)38-18(31)7-4-12-2-5-13(28)6-3-12/h2-9,17,21-22,24-25,27-29,32-33H,10H2,1H3,(H,34,35)/b7-4+/t17-,21-,22+,24+,25-/m1/s1. The van der Waals surface area contributed by atoms with Gasteiger partial charge in [0.05, 0.1) is 17.6 Å². The molecule has 3 aromatic rings. The summed E-state index contributed by atoms with van der Waals surface area (Å²) in [5, 5.41) is 60.4. The van der Waals surface area contributed by atoms with E-state index in [9.17, 15) is 45.0 Å². The fourth-order valence-electron chi connectivity index (χ4n) is 4.29. The van der Waals surface area contributed by atoms with Crippen molar-refractivity contribution < 1.29 is 54.1 Å². The van der Waals surface area contributed by atoms with Crippen molar-refractivity contribution in [2.45, 2.75) is 37.4 Å². The summed E-state index contributed by atoms with van der Waals surface area (Å²) in [5.41, 5.74) is -0.675. The molecule has 1 aliphatic heterocycles. The number of aliphatic hydroxyl groups is 3. The summed E-state index contributed by atoms with van der Waals surface area (Å²) in [7, 11) is 0. The fraction of sp³-hybridized carbons (Fsp3) is 0.269. The van der Waals surface area contributed by atoms with Crippen molar-refractivity contribution in [2.24, 2.45) is 0 Å². The fourth-order valence-corrected chi connectivity index (χ4v) is 4.29. The molecule has 1 saturated heterocycles. The van der Waals surface area contributed by atoms with E-state index in [1.807, 2.05) is 0 Å². The number of aryl methyl sites for hydroxylation is 1. The number of aromatic hydroxyl groups is 2. The first-order valence-electron chi connectivity index (χ1n) is 11.4. The first-order valence-corrected chi connectivity index (χ1v) is 11.4. The number of phenolic OH excluding ortho intramolecular Hbond substituents is 2. The molecule has 1 fully saturated rings. The second kappa shape index (κ2) is 10.6. The van der Waals surface area contributed by atoms with E-state index in [0.717, 1.165) is 12.1 Å². The van der Waals surface area contributed by atoms with Gasteiger partial charge in [-0.3, -0.25) is 4.79 Å². The van der Waals surface area contributed by atoms with Crippen LogP contribution < -0.4 is 5.43 Å². The van der Waals surface area contributed by atoms with Crippen LogP contribution in [0.5, 0.6) is 11.5 Å². The summed E-state index contributed by atoms with van der Waals surface area (Å²) in [5.74, 6) is -3.81. The minimum absolute atomic E-state index is 0.0188. The number of aliphatic hydroxyl groups excluding tert-OH is 3. The summed E-state index contributed by atoms with van der Waals surface area (Å²) in [6.45, 7) is 0.705. The van der Waals surface area contributed by atoms with Gasteiger partial charge in [-0.2, -0.15) is 0 Å². The average molecular weight is 528 g/mol. The number of rotatable bonds is 6. The number of carboxylic acid groups (broad SMARTS) is 1. The molecule has 12 heteroatoms. The zero-order valence-corrected chi connectivity index (χ0v) is 19.8. The predicted molar refractivity (Wildman–Crippen MR) is 130 cm³/mol. The van der Waals surface area contributed by atoms with Gasteiger partial charge in [0.2, 0.25) is 5.76 Å². The maximum Gasteiger partial charge on any atom is 0.371 e. The number of carbonyl (C=O) groups excluding carboxylic acids is 1. The van der Waals surface area contributed by atoms with Gasteiger partial charge in [0.25, 0.3) is 0 Å². The Morgan fingerprint density at radius 3 is 2.39 bits per heavy atom. The van der Waals surface area contributed by atoms with Crippen molar-refractivity contribution >= 4 is 29.0 Å². The third-order valence-corrected chi connectivity index (χ3v) is 6.14. The molecule has 2 aromatic carbocycles. The average Bonchev–Trinajstić information content (AvgIpc) is 2.87. The van der Waals surface area contributed by atoms with Crippen LogP contribution in [0.15, 0.2) is 51.7 Å². The third kappa shape index (κ3) is 5.10.